The fraction of sp³-hybridized carbons (Fsp3) is 0.682. The third-order valence-electron chi connectivity index (χ3n) is 7.27. The van der Waals surface area contributed by atoms with Gasteiger partial charge in [0.1, 0.15) is 23.9 Å². The van der Waals surface area contributed by atoms with Gasteiger partial charge in [-0.05, 0) is 26.3 Å². The van der Waals surface area contributed by atoms with E-state index < -0.39 is 46.9 Å². The van der Waals surface area contributed by atoms with Crippen molar-refractivity contribution in [3.8, 4) is 0 Å². The molecule has 0 aromatic heterocycles. The van der Waals surface area contributed by atoms with Crippen LogP contribution < -0.4 is 0 Å². The molecule has 1 unspecified atom stereocenters. The maximum absolute atomic E-state index is 13.1. The summed E-state index contributed by atoms with van der Waals surface area (Å²) < 4.78 is 23.1. The summed E-state index contributed by atoms with van der Waals surface area (Å²) in [4.78, 5) is 37.2. The van der Waals surface area contributed by atoms with Crippen molar-refractivity contribution in [3.05, 3.63) is 23.5 Å². The highest BCUT2D eigenvalue weighted by molar-refractivity contribution is 6.00. The van der Waals surface area contributed by atoms with Crippen molar-refractivity contribution in [2.45, 2.75) is 71.1 Å². The fourth-order valence-corrected chi connectivity index (χ4v) is 5.25. The van der Waals surface area contributed by atoms with Crippen molar-refractivity contribution in [1.82, 2.24) is 0 Å². The van der Waals surface area contributed by atoms with E-state index in [0.29, 0.717) is 17.8 Å². The Balaban J connectivity index is 1.84. The van der Waals surface area contributed by atoms with Crippen molar-refractivity contribution in [2.24, 2.45) is 17.3 Å². The van der Waals surface area contributed by atoms with Gasteiger partial charge in [0.2, 0.25) is 5.78 Å². The topological polar surface area (TPSA) is 108 Å². The molecule has 164 valence electrons. The first-order chi connectivity index (χ1) is 14.0. The van der Waals surface area contributed by atoms with E-state index >= 15 is 0 Å². The predicted molar refractivity (Wildman–Crippen MR) is 103 cm³/mol. The summed E-state index contributed by atoms with van der Waals surface area (Å²) >= 11 is 0. The second-order valence-corrected chi connectivity index (χ2v) is 9.14. The van der Waals surface area contributed by atoms with Gasteiger partial charge in [0.05, 0.1) is 6.10 Å². The molecule has 0 aromatic rings. The van der Waals surface area contributed by atoms with Gasteiger partial charge in [-0.25, -0.2) is 0 Å². The molecule has 4 aliphatic rings. The summed E-state index contributed by atoms with van der Waals surface area (Å²) in [6.45, 7) is 8.25. The van der Waals surface area contributed by atoms with Crippen LogP contribution in [0, 0.1) is 17.3 Å². The van der Waals surface area contributed by atoms with Gasteiger partial charge < -0.3 is 24.1 Å². The van der Waals surface area contributed by atoms with E-state index in [1.54, 1.807) is 19.9 Å². The fourth-order valence-electron chi connectivity index (χ4n) is 5.25. The Morgan fingerprint density at radius 3 is 2.70 bits per heavy atom. The number of ketones is 1. The minimum Gasteiger partial charge on any atom is -0.479 e. The summed E-state index contributed by atoms with van der Waals surface area (Å²) in [6.07, 6.45) is 2.44. The molecule has 30 heavy (non-hydrogen) atoms. The first-order valence-corrected chi connectivity index (χ1v) is 10.4. The normalized spacial score (nSPS) is 44.5. The molecule has 0 amide bonds. The summed E-state index contributed by atoms with van der Waals surface area (Å²) in [7, 11) is 0. The molecule has 4 aliphatic heterocycles. The molecule has 2 saturated heterocycles. The van der Waals surface area contributed by atoms with E-state index in [1.165, 1.54) is 13.0 Å². The van der Waals surface area contributed by atoms with Gasteiger partial charge in [0.25, 0.3) is 0 Å². The number of esters is 2. The lowest BCUT2D eigenvalue weighted by Gasteiger charge is -2.38. The Bertz CT molecular complexity index is 874. The summed E-state index contributed by atoms with van der Waals surface area (Å²) in [5, 5.41) is 11.6. The monoisotopic (exact) mass is 420 g/mol. The van der Waals surface area contributed by atoms with Crippen LogP contribution in [-0.2, 0) is 33.3 Å². The number of fused-ring (bicyclic) bond motifs is 2. The first kappa shape index (κ1) is 21.1. The average Bonchev–Trinajstić information content (AvgIpc) is 3.20. The van der Waals surface area contributed by atoms with Gasteiger partial charge in [-0.2, -0.15) is 0 Å². The maximum Gasteiger partial charge on any atom is 0.318 e. The van der Waals surface area contributed by atoms with Crippen molar-refractivity contribution in [2.75, 3.05) is 6.61 Å². The molecule has 2 bridgehead atoms. The van der Waals surface area contributed by atoms with Crippen molar-refractivity contribution in [1.29, 1.82) is 0 Å². The molecule has 2 fully saturated rings. The molecule has 0 saturated carbocycles. The Kier molecular flexibility index (Phi) is 4.67. The Morgan fingerprint density at radius 1 is 1.37 bits per heavy atom. The Hall–Kier alpha value is -2.19. The molecule has 8 heteroatoms. The zero-order valence-electron chi connectivity index (χ0n) is 17.9. The molecular formula is C22H28O8. The molecule has 0 radical (unpaired) electrons. The predicted octanol–water partition coefficient (Wildman–Crippen LogP) is 1.80. The van der Waals surface area contributed by atoms with Crippen molar-refractivity contribution >= 4 is 17.7 Å². The average molecular weight is 420 g/mol. The van der Waals surface area contributed by atoms with Gasteiger partial charge in [-0.3, -0.25) is 14.4 Å². The lowest BCUT2D eigenvalue weighted by molar-refractivity contribution is -0.267. The minimum absolute atomic E-state index is 0.122. The van der Waals surface area contributed by atoms with Crippen molar-refractivity contribution < 1.29 is 38.4 Å². The van der Waals surface area contributed by atoms with Crippen molar-refractivity contribution in [3.63, 3.8) is 0 Å². The van der Waals surface area contributed by atoms with Crippen LogP contribution in [0.5, 0.6) is 0 Å². The summed E-state index contributed by atoms with van der Waals surface area (Å²) in [5.41, 5.74) is -2.07. The number of aliphatic hydroxyl groups is 1. The number of rotatable bonds is 4. The Morgan fingerprint density at radius 2 is 2.07 bits per heavy atom. The van der Waals surface area contributed by atoms with Crippen LogP contribution in [0.4, 0.5) is 0 Å². The first-order valence-electron chi connectivity index (χ1n) is 10.4. The summed E-state index contributed by atoms with van der Waals surface area (Å²) in [6, 6.07) is 0. The highest BCUT2D eigenvalue weighted by atomic mass is 16.7. The number of hydrogen-bond donors (Lipinski definition) is 1. The van der Waals surface area contributed by atoms with Gasteiger partial charge in [0, 0.05) is 36.8 Å². The van der Waals surface area contributed by atoms with Gasteiger partial charge in [0.15, 0.2) is 11.4 Å². The molecule has 4 rings (SSSR count). The molecule has 0 aliphatic carbocycles. The highest BCUT2D eigenvalue weighted by Crippen LogP contribution is 2.61. The second kappa shape index (κ2) is 6.65. The van der Waals surface area contributed by atoms with E-state index in [1.807, 2.05) is 13.8 Å². The van der Waals surface area contributed by atoms with Crippen LogP contribution in [0.3, 0.4) is 0 Å². The highest BCUT2D eigenvalue weighted by Gasteiger charge is 2.75. The quantitative estimate of drug-likeness (QED) is 0.686. The van der Waals surface area contributed by atoms with E-state index in [-0.39, 0.29) is 24.7 Å². The van der Waals surface area contributed by atoms with E-state index in [4.69, 9.17) is 18.9 Å². The van der Waals surface area contributed by atoms with Crippen LogP contribution >= 0.6 is 0 Å². The molecule has 4 heterocycles. The maximum atomic E-state index is 13.1. The van der Waals surface area contributed by atoms with E-state index in [2.05, 4.69) is 0 Å². The minimum atomic E-state index is -1.74. The van der Waals surface area contributed by atoms with Gasteiger partial charge >= 0.3 is 11.9 Å². The molecule has 7 atom stereocenters. The van der Waals surface area contributed by atoms with Crippen LogP contribution in [0.2, 0.25) is 0 Å². The second-order valence-electron chi connectivity index (χ2n) is 9.14. The Labute approximate surface area is 175 Å². The number of hydrogen-bond acceptors (Lipinski definition) is 8. The SMILES string of the molecule is CC[C@@H](C)[C@@]1(O)O[C@H]2C[C@@]3(C)OC(=CC3=O)/C(COC(C)=O)=C\[C@H]3OC(=O)[C@@]1(C)C23. The molecule has 1 N–H and O–H groups in total. The lowest BCUT2D eigenvalue weighted by atomic mass is 9.66. The van der Waals surface area contributed by atoms with E-state index in [0.717, 1.165) is 0 Å². The largest absolute Gasteiger partial charge is 0.479 e. The molecule has 0 aromatic carbocycles. The third kappa shape index (κ3) is 2.69. The number of carbonyl (C=O) groups is 3. The zero-order valence-corrected chi connectivity index (χ0v) is 17.9. The molecular weight excluding hydrogens is 392 g/mol. The molecule has 8 nitrogen and oxygen atoms in total. The number of ether oxygens (including phenoxy) is 4. The standard InChI is InChI=1S/C22H28O8/c1-6-11(2)22(26)21(5)18-15(28-19(21)25)7-13(10-27-12(3)23)14-8-17(24)20(4,29-14)9-16(18)30-22/h7-8,11,15-16,18,26H,6,9-10H2,1-5H3/b13-7-/t11-,15-,16+,18?,20-,21-,22-/m1/s1. The summed E-state index contributed by atoms with van der Waals surface area (Å²) in [5.74, 6) is -3.56. The van der Waals surface area contributed by atoms with Gasteiger partial charge in [-0.15, -0.1) is 0 Å². The van der Waals surface area contributed by atoms with Gasteiger partial charge in [-0.1, -0.05) is 13.8 Å². The van der Waals surface area contributed by atoms with Crippen LogP contribution in [0.25, 0.3) is 0 Å². The zero-order chi connectivity index (χ0) is 22.1. The molecule has 0 spiro atoms. The third-order valence-corrected chi connectivity index (χ3v) is 7.27. The van der Waals surface area contributed by atoms with Crippen LogP contribution in [-0.4, -0.2) is 53.0 Å². The van der Waals surface area contributed by atoms with Crippen LogP contribution in [0.1, 0.15) is 47.5 Å². The van der Waals surface area contributed by atoms with Crippen LogP contribution in [0.15, 0.2) is 23.5 Å². The van der Waals surface area contributed by atoms with E-state index in [9.17, 15) is 19.5 Å². The number of carbonyl (C=O) groups excluding carboxylic acids is 3. The smallest absolute Gasteiger partial charge is 0.318 e. The lowest BCUT2D eigenvalue weighted by Crippen LogP contribution is -2.53.